The van der Waals surface area contributed by atoms with E-state index in [9.17, 15) is 9.59 Å². The third kappa shape index (κ3) is 3.86. The molecule has 0 radical (unpaired) electrons. The van der Waals surface area contributed by atoms with Gasteiger partial charge < -0.3 is 9.47 Å². The third-order valence-corrected chi connectivity index (χ3v) is 2.05. The smallest absolute Gasteiger partial charge is 0.277 e. The molecule has 1 amide bonds. The average molecular weight is 238 g/mol. The summed E-state index contributed by atoms with van der Waals surface area (Å²) in [4.78, 5) is 21.8. The minimum Gasteiger partial charge on any atom is -0.478 e. The van der Waals surface area contributed by atoms with Crippen LogP contribution in [0, 0.1) is 0 Å². The van der Waals surface area contributed by atoms with Crippen LogP contribution < -0.4 is 16.0 Å². The number of hydrazine groups is 1. The molecule has 17 heavy (non-hydrogen) atoms. The van der Waals surface area contributed by atoms with Gasteiger partial charge in [-0.25, -0.2) is 5.84 Å². The lowest BCUT2D eigenvalue weighted by atomic mass is 10.2. The van der Waals surface area contributed by atoms with Gasteiger partial charge >= 0.3 is 0 Å². The number of carbonyl (C=O) groups is 2. The highest BCUT2D eigenvalue weighted by Gasteiger charge is 2.19. The van der Waals surface area contributed by atoms with Crippen molar-refractivity contribution < 1.29 is 19.1 Å². The van der Waals surface area contributed by atoms with Gasteiger partial charge in [0.25, 0.3) is 5.91 Å². The van der Waals surface area contributed by atoms with E-state index in [2.05, 4.69) is 0 Å². The highest BCUT2D eigenvalue weighted by Crippen LogP contribution is 2.13. The Kier molecular flexibility index (Phi) is 5.12. The second-order valence-electron chi connectivity index (χ2n) is 3.26. The standard InChI is InChI=1S/C11H14N2O4/c1-16-7-10(11(15)13-12)17-9-4-2-8(6-14)3-5-9/h2-6,10H,7,12H2,1H3,(H,13,15). The van der Waals surface area contributed by atoms with Crippen molar-refractivity contribution in [3.05, 3.63) is 29.8 Å². The Morgan fingerprint density at radius 1 is 1.47 bits per heavy atom. The fourth-order valence-corrected chi connectivity index (χ4v) is 1.20. The van der Waals surface area contributed by atoms with Crippen LogP contribution in [0.4, 0.5) is 0 Å². The fourth-order valence-electron chi connectivity index (χ4n) is 1.20. The zero-order chi connectivity index (χ0) is 12.7. The molecule has 0 heterocycles. The first-order valence-electron chi connectivity index (χ1n) is 4.92. The molecule has 0 fully saturated rings. The van der Waals surface area contributed by atoms with Crippen LogP contribution in [0.1, 0.15) is 10.4 Å². The van der Waals surface area contributed by atoms with Gasteiger partial charge in [-0.1, -0.05) is 0 Å². The third-order valence-electron chi connectivity index (χ3n) is 2.05. The van der Waals surface area contributed by atoms with Gasteiger partial charge in [0.15, 0.2) is 0 Å². The van der Waals surface area contributed by atoms with E-state index in [0.717, 1.165) is 6.29 Å². The molecule has 6 nitrogen and oxygen atoms in total. The van der Waals surface area contributed by atoms with E-state index in [1.807, 2.05) is 5.43 Å². The number of nitrogens with two attached hydrogens (primary N) is 1. The van der Waals surface area contributed by atoms with E-state index in [0.29, 0.717) is 11.3 Å². The van der Waals surface area contributed by atoms with Crippen LogP contribution in [-0.2, 0) is 9.53 Å². The summed E-state index contributed by atoms with van der Waals surface area (Å²) in [7, 11) is 1.45. The van der Waals surface area contributed by atoms with Crippen molar-refractivity contribution in [3.8, 4) is 5.75 Å². The number of nitrogens with one attached hydrogen (secondary N) is 1. The summed E-state index contributed by atoms with van der Waals surface area (Å²) in [5.41, 5.74) is 2.52. The topological polar surface area (TPSA) is 90.6 Å². The Morgan fingerprint density at radius 2 is 2.12 bits per heavy atom. The lowest BCUT2D eigenvalue weighted by molar-refractivity contribution is -0.130. The number of carbonyl (C=O) groups excluding carboxylic acids is 2. The SMILES string of the molecule is COCC(Oc1ccc(C=O)cc1)C(=O)NN. The molecule has 1 rings (SSSR count). The molecule has 1 unspecified atom stereocenters. The maximum atomic E-state index is 11.3. The number of aldehydes is 1. The van der Waals surface area contributed by atoms with Crippen molar-refractivity contribution in [1.29, 1.82) is 0 Å². The first-order valence-corrected chi connectivity index (χ1v) is 4.92. The van der Waals surface area contributed by atoms with Gasteiger partial charge in [-0.05, 0) is 24.3 Å². The number of hydrogen-bond donors (Lipinski definition) is 2. The molecular weight excluding hydrogens is 224 g/mol. The van der Waals surface area contributed by atoms with Crippen molar-refractivity contribution in [1.82, 2.24) is 5.43 Å². The Bertz CT molecular complexity index is 378. The monoisotopic (exact) mass is 238 g/mol. The number of hydrogen-bond acceptors (Lipinski definition) is 5. The quantitative estimate of drug-likeness (QED) is 0.312. The zero-order valence-electron chi connectivity index (χ0n) is 9.38. The van der Waals surface area contributed by atoms with E-state index in [1.54, 1.807) is 24.3 Å². The maximum Gasteiger partial charge on any atom is 0.277 e. The summed E-state index contributed by atoms with van der Waals surface area (Å²) >= 11 is 0. The van der Waals surface area contributed by atoms with E-state index in [-0.39, 0.29) is 6.61 Å². The second kappa shape index (κ2) is 6.62. The van der Waals surface area contributed by atoms with Gasteiger partial charge in [0.05, 0.1) is 6.61 Å². The molecule has 0 saturated heterocycles. The molecule has 0 aromatic heterocycles. The zero-order valence-corrected chi connectivity index (χ0v) is 9.38. The van der Waals surface area contributed by atoms with Crippen molar-refractivity contribution in [2.75, 3.05) is 13.7 Å². The molecule has 1 aromatic carbocycles. The molecule has 0 saturated carbocycles. The molecule has 0 spiro atoms. The Balaban J connectivity index is 2.71. The number of rotatable bonds is 6. The largest absolute Gasteiger partial charge is 0.478 e. The minimum atomic E-state index is -0.827. The summed E-state index contributed by atoms with van der Waals surface area (Å²) in [5.74, 6) is 5.00. The van der Waals surface area contributed by atoms with Crippen LogP contribution in [0.3, 0.4) is 0 Å². The van der Waals surface area contributed by atoms with Gasteiger partial charge in [-0.2, -0.15) is 0 Å². The summed E-state index contributed by atoms with van der Waals surface area (Å²) in [6.45, 7) is 0.0818. The number of ether oxygens (including phenoxy) is 2. The van der Waals surface area contributed by atoms with Gasteiger partial charge in [-0.15, -0.1) is 0 Å². The van der Waals surface area contributed by atoms with Gasteiger partial charge in [-0.3, -0.25) is 15.0 Å². The van der Waals surface area contributed by atoms with Crippen LogP contribution in [0.15, 0.2) is 24.3 Å². The summed E-state index contributed by atoms with van der Waals surface area (Å²) in [5, 5.41) is 0. The molecule has 0 aliphatic rings. The average Bonchev–Trinajstić information content (AvgIpc) is 2.38. The number of amides is 1. The Morgan fingerprint density at radius 3 is 2.59 bits per heavy atom. The van der Waals surface area contributed by atoms with Crippen LogP contribution in [-0.4, -0.2) is 32.0 Å². The fraction of sp³-hybridized carbons (Fsp3) is 0.273. The molecule has 0 aliphatic heterocycles. The van der Waals surface area contributed by atoms with Crippen LogP contribution >= 0.6 is 0 Å². The number of benzene rings is 1. The van der Waals surface area contributed by atoms with E-state index < -0.39 is 12.0 Å². The molecule has 1 atom stereocenters. The van der Waals surface area contributed by atoms with E-state index in [1.165, 1.54) is 7.11 Å². The Labute approximate surface area is 98.7 Å². The van der Waals surface area contributed by atoms with Crippen molar-refractivity contribution in [2.45, 2.75) is 6.10 Å². The van der Waals surface area contributed by atoms with Crippen LogP contribution in [0.2, 0.25) is 0 Å². The highest BCUT2D eigenvalue weighted by molar-refractivity contribution is 5.80. The van der Waals surface area contributed by atoms with Crippen molar-refractivity contribution in [3.63, 3.8) is 0 Å². The first kappa shape index (κ1) is 13.1. The molecule has 0 bridgehead atoms. The number of methoxy groups -OCH3 is 1. The lowest BCUT2D eigenvalue weighted by Crippen LogP contribution is -2.44. The van der Waals surface area contributed by atoms with Crippen molar-refractivity contribution in [2.24, 2.45) is 5.84 Å². The van der Waals surface area contributed by atoms with Gasteiger partial charge in [0, 0.05) is 12.7 Å². The van der Waals surface area contributed by atoms with Crippen molar-refractivity contribution >= 4 is 12.2 Å². The Hall–Kier alpha value is -1.92. The summed E-state index contributed by atoms with van der Waals surface area (Å²) in [6.07, 6.45) is -0.102. The minimum absolute atomic E-state index is 0.0818. The van der Waals surface area contributed by atoms with E-state index in [4.69, 9.17) is 15.3 Å². The predicted octanol–water partition coefficient (Wildman–Crippen LogP) is -0.117. The molecule has 0 aliphatic carbocycles. The molecule has 92 valence electrons. The normalized spacial score (nSPS) is 11.6. The molecule has 6 heteroatoms. The highest BCUT2D eigenvalue weighted by atomic mass is 16.5. The second-order valence-corrected chi connectivity index (χ2v) is 3.26. The lowest BCUT2D eigenvalue weighted by Gasteiger charge is -2.16. The molecule has 1 aromatic rings. The maximum absolute atomic E-state index is 11.3. The molecule has 3 N–H and O–H groups in total. The first-order chi connectivity index (χ1) is 8.21. The summed E-state index contributed by atoms with van der Waals surface area (Å²) < 4.78 is 10.2. The van der Waals surface area contributed by atoms with Crippen LogP contribution in [0.25, 0.3) is 0 Å². The van der Waals surface area contributed by atoms with Gasteiger partial charge in [0.1, 0.15) is 12.0 Å². The predicted molar refractivity (Wildman–Crippen MR) is 60.5 cm³/mol. The van der Waals surface area contributed by atoms with Crippen LogP contribution in [0.5, 0.6) is 5.75 Å². The van der Waals surface area contributed by atoms with Gasteiger partial charge in [0.2, 0.25) is 6.10 Å². The molecular formula is C11H14N2O4. The van der Waals surface area contributed by atoms with E-state index >= 15 is 0 Å². The summed E-state index contributed by atoms with van der Waals surface area (Å²) in [6, 6.07) is 6.37.